The van der Waals surface area contributed by atoms with Crippen LogP contribution in [-0.4, -0.2) is 33.6 Å². The second-order valence-electron chi connectivity index (χ2n) is 4.50. The molecule has 0 aliphatic rings. The normalized spacial score (nSPS) is 12.9. The zero-order valence-electron chi connectivity index (χ0n) is 11.7. The van der Waals surface area contributed by atoms with Crippen molar-refractivity contribution in [3.05, 3.63) is 28.3 Å². The second-order valence-corrected chi connectivity index (χ2v) is 6.23. The zero-order valence-corrected chi connectivity index (χ0v) is 12.5. The first-order chi connectivity index (χ1) is 9.81. The number of benzene rings is 1. The third-order valence-electron chi connectivity index (χ3n) is 2.69. The molecule has 1 atom stereocenters. The average molecular weight is 318 g/mol. The average Bonchev–Trinajstić information content (AvgIpc) is 2.44. The highest BCUT2D eigenvalue weighted by Crippen LogP contribution is 2.26. The van der Waals surface area contributed by atoms with E-state index in [-0.39, 0.29) is 18.2 Å². The summed E-state index contributed by atoms with van der Waals surface area (Å²) >= 11 is 0. The SMILES string of the molecule is COCC(C)CNS(=O)(=O)c1cc(NN)ccc1[N+](=O)[O-]. The Morgan fingerprint density at radius 3 is 2.67 bits per heavy atom. The summed E-state index contributed by atoms with van der Waals surface area (Å²) in [6.07, 6.45) is 0. The highest BCUT2D eigenvalue weighted by Gasteiger charge is 2.26. The van der Waals surface area contributed by atoms with Gasteiger partial charge in [0.2, 0.25) is 10.0 Å². The van der Waals surface area contributed by atoms with Crippen molar-refractivity contribution in [1.29, 1.82) is 0 Å². The van der Waals surface area contributed by atoms with Crippen LogP contribution >= 0.6 is 0 Å². The predicted molar refractivity (Wildman–Crippen MR) is 77.1 cm³/mol. The maximum absolute atomic E-state index is 12.2. The van der Waals surface area contributed by atoms with Crippen molar-refractivity contribution < 1.29 is 18.1 Å². The Morgan fingerprint density at radius 1 is 1.48 bits per heavy atom. The van der Waals surface area contributed by atoms with E-state index in [1.165, 1.54) is 13.2 Å². The third-order valence-corrected chi connectivity index (χ3v) is 4.14. The molecule has 1 rings (SSSR count). The molecule has 1 aromatic rings. The summed E-state index contributed by atoms with van der Waals surface area (Å²) < 4.78 is 31.6. The number of nitrogens with two attached hydrogens (primary N) is 1. The Labute approximate surface area is 122 Å². The number of nitrogens with zero attached hydrogens (tertiary/aromatic N) is 1. The van der Waals surface area contributed by atoms with Crippen LogP contribution in [0.3, 0.4) is 0 Å². The minimum atomic E-state index is -4.02. The lowest BCUT2D eigenvalue weighted by molar-refractivity contribution is -0.387. The lowest BCUT2D eigenvalue weighted by Crippen LogP contribution is -2.30. The van der Waals surface area contributed by atoms with E-state index in [9.17, 15) is 18.5 Å². The first-order valence-corrected chi connectivity index (χ1v) is 7.53. The maximum atomic E-state index is 12.2. The number of ether oxygens (including phenoxy) is 1. The number of nitro benzene ring substituents is 1. The smallest absolute Gasteiger partial charge is 0.289 e. The monoisotopic (exact) mass is 318 g/mol. The van der Waals surface area contributed by atoms with Crippen LogP contribution in [0.2, 0.25) is 0 Å². The highest BCUT2D eigenvalue weighted by atomic mass is 32.2. The number of anilines is 1. The number of rotatable bonds is 8. The molecule has 1 unspecified atom stereocenters. The van der Waals surface area contributed by atoms with Gasteiger partial charge in [-0.05, 0) is 18.1 Å². The van der Waals surface area contributed by atoms with Gasteiger partial charge in [-0.25, -0.2) is 13.1 Å². The minimum Gasteiger partial charge on any atom is -0.384 e. The van der Waals surface area contributed by atoms with Gasteiger partial charge in [0.1, 0.15) is 0 Å². The molecular formula is C11H18N4O5S. The van der Waals surface area contributed by atoms with Gasteiger partial charge >= 0.3 is 0 Å². The lowest BCUT2D eigenvalue weighted by atomic mass is 10.2. The molecule has 21 heavy (non-hydrogen) atoms. The van der Waals surface area contributed by atoms with Gasteiger partial charge in [-0.15, -0.1) is 0 Å². The van der Waals surface area contributed by atoms with E-state index in [0.29, 0.717) is 6.61 Å². The van der Waals surface area contributed by atoms with Crippen molar-refractivity contribution in [1.82, 2.24) is 4.72 Å². The van der Waals surface area contributed by atoms with E-state index < -0.39 is 25.5 Å². The number of sulfonamides is 1. The van der Waals surface area contributed by atoms with E-state index in [1.54, 1.807) is 6.92 Å². The molecule has 0 fully saturated rings. The highest BCUT2D eigenvalue weighted by molar-refractivity contribution is 7.89. The molecule has 9 nitrogen and oxygen atoms in total. The Hall–Kier alpha value is -1.75. The molecule has 0 amide bonds. The van der Waals surface area contributed by atoms with Crippen LogP contribution in [0, 0.1) is 16.0 Å². The molecule has 0 saturated heterocycles. The number of hydrogen-bond donors (Lipinski definition) is 3. The van der Waals surface area contributed by atoms with Crippen LogP contribution in [0.4, 0.5) is 11.4 Å². The second kappa shape index (κ2) is 7.31. The van der Waals surface area contributed by atoms with Crippen LogP contribution in [0.15, 0.2) is 23.1 Å². The van der Waals surface area contributed by atoms with Crippen molar-refractivity contribution in [2.75, 3.05) is 25.7 Å². The van der Waals surface area contributed by atoms with Crippen LogP contribution in [-0.2, 0) is 14.8 Å². The van der Waals surface area contributed by atoms with Crippen molar-refractivity contribution in [2.45, 2.75) is 11.8 Å². The number of nitrogens with one attached hydrogen (secondary N) is 2. The number of hydrazine groups is 1. The number of hydrogen-bond acceptors (Lipinski definition) is 7. The summed E-state index contributed by atoms with van der Waals surface area (Å²) in [6, 6.07) is 3.52. The lowest BCUT2D eigenvalue weighted by Gasteiger charge is -2.12. The Balaban J connectivity index is 3.08. The van der Waals surface area contributed by atoms with Gasteiger partial charge < -0.3 is 10.2 Å². The van der Waals surface area contributed by atoms with Gasteiger partial charge in [-0.3, -0.25) is 16.0 Å². The van der Waals surface area contributed by atoms with Gasteiger partial charge in [-0.2, -0.15) is 0 Å². The van der Waals surface area contributed by atoms with Crippen LogP contribution in [0.1, 0.15) is 6.92 Å². The molecule has 0 spiro atoms. The predicted octanol–water partition coefficient (Wildman–Crippen LogP) is 0.441. The summed E-state index contributed by atoms with van der Waals surface area (Å²) in [4.78, 5) is 9.76. The Bertz CT molecular complexity index is 605. The molecular weight excluding hydrogens is 300 g/mol. The fraction of sp³-hybridized carbons (Fsp3) is 0.455. The molecule has 0 saturated carbocycles. The van der Waals surface area contributed by atoms with Gasteiger partial charge in [-0.1, -0.05) is 6.92 Å². The summed E-state index contributed by atoms with van der Waals surface area (Å²) in [5.41, 5.74) is 2.00. The Kier molecular flexibility index (Phi) is 6.03. The van der Waals surface area contributed by atoms with E-state index >= 15 is 0 Å². The van der Waals surface area contributed by atoms with E-state index in [2.05, 4.69) is 10.1 Å². The number of methoxy groups -OCH3 is 1. The largest absolute Gasteiger partial charge is 0.384 e. The minimum absolute atomic E-state index is 0.0698. The first kappa shape index (κ1) is 17.3. The molecule has 0 heterocycles. The van der Waals surface area contributed by atoms with E-state index in [1.807, 2.05) is 0 Å². The van der Waals surface area contributed by atoms with Crippen molar-refractivity contribution in [3.8, 4) is 0 Å². The van der Waals surface area contributed by atoms with Gasteiger partial charge in [0.05, 0.1) is 10.6 Å². The van der Waals surface area contributed by atoms with Crippen molar-refractivity contribution in [2.24, 2.45) is 11.8 Å². The number of nitrogen functional groups attached to an aromatic ring is 1. The molecule has 0 aliphatic heterocycles. The van der Waals surface area contributed by atoms with Crippen LogP contribution < -0.4 is 16.0 Å². The van der Waals surface area contributed by atoms with E-state index in [0.717, 1.165) is 12.1 Å². The van der Waals surface area contributed by atoms with Gasteiger partial charge in [0, 0.05) is 26.3 Å². The molecule has 0 aliphatic carbocycles. The summed E-state index contributed by atoms with van der Waals surface area (Å²) in [5.74, 6) is 5.13. The fourth-order valence-corrected chi connectivity index (χ4v) is 3.00. The standard InChI is InChI=1S/C11H18N4O5S/c1-8(7-20-2)6-13-21(18,19)11-5-9(14-12)3-4-10(11)15(16)17/h3-5,8,13-14H,6-7,12H2,1-2H3. The quantitative estimate of drug-likeness (QED) is 0.359. The molecule has 118 valence electrons. The molecule has 0 aromatic heterocycles. The molecule has 0 bridgehead atoms. The molecule has 4 N–H and O–H groups in total. The van der Waals surface area contributed by atoms with Crippen molar-refractivity contribution in [3.63, 3.8) is 0 Å². The summed E-state index contributed by atoms with van der Waals surface area (Å²) in [5, 5.41) is 11.0. The molecule has 1 aromatic carbocycles. The first-order valence-electron chi connectivity index (χ1n) is 6.05. The summed E-state index contributed by atoms with van der Waals surface area (Å²) in [6.45, 7) is 2.26. The maximum Gasteiger partial charge on any atom is 0.289 e. The molecule has 10 heteroatoms. The zero-order chi connectivity index (χ0) is 16.0. The summed E-state index contributed by atoms with van der Waals surface area (Å²) in [7, 11) is -2.52. The van der Waals surface area contributed by atoms with Crippen LogP contribution in [0.5, 0.6) is 0 Å². The topological polar surface area (TPSA) is 137 Å². The van der Waals surface area contributed by atoms with Gasteiger partial charge in [0.15, 0.2) is 4.90 Å². The molecule has 0 radical (unpaired) electrons. The van der Waals surface area contributed by atoms with Crippen molar-refractivity contribution >= 4 is 21.4 Å². The third kappa shape index (κ3) is 4.63. The number of nitro groups is 1. The van der Waals surface area contributed by atoms with E-state index in [4.69, 9.17) is 10.6 Å². The fourth-order valence-electron chi connectivity index (χ4n) is 1.64. The Morgan fingerprint density at radius 2 is 2.14 bits per heavy atom. The van der Waals surface area contributed by atoms with Gasteiger partial charge in [0.25, 0.3) is 5.69 Å². The van der Waals surface area contributed by atoms with Crippen LogP contribution in [0.25, 0.3) is 0 Å².